The van der Waals surface area contributed by atoms with E-state index in [4.69, 9.17) is 0 Å². The monoisotopic (exact) mass is 336 g/mol. The van der Waals surface area contributed by atoms with E-state index in [1.54, 1.807) is 4.68 Å². The number of benzene rings is 2. The Balaban J connectivity index is 1.76. The molecule has 1 unspecified atom stereocenters. The van der Waals surface area contributed by atoms with Crippen molar-refractivity contribution in [3.05, 3.63) is 60.2 Å². The van der Waals surface area contributed by atoms with E-state index in [9.17, 15) is 4.79 Å². The molecule has 7 heteroatoms. The number of nitrogens with zero attached hydrogens (tertiary/aromatic N) is 4. The van der Waals surface area contributed by atoms with Crippen molar-refractivity contribution in [2.75, 3.05) is 10.6 Å². The van der Waals surface area contributed by atoms with Crippen molar-refractivity contribution in [2.45, 2.75) is 26.3 Å². The molecular weight excluding hydrogens is 316 g/mol. The normalized spacial score (nSPS) is 11.8. The summed E-state index contributed by atoms with van der Waals surface area (Å²) < 4.78 is 1.57. The quantitative estimate of drug-likeness (QED) is 0.723. The van der Waals surface area contributed by atoms with Gasteiger partial charge in [0.2, 0.25) is 11.9 Å². The summed E-state index contributed by atoms with van der Waals surface area (Å²) in [5.41, 5.74) is 2.64. The van der Waals surface area contributed by atoms with Gasteiger partial charge >= 0.3 is 0 Å². The summed E-state index contributed by atoms with van der Waals surface area (Å²) in [7, 11) is 0. The summed E-state index contributed by atoms with van der Waals surface area (Å²) in [5.74, 6) is 0.303. The Morgan fingerprint density at radius 2 is 1.84 bits per heavy atom. The van der Waals surface area contributed by atoms with Gasteiger partial charge in [0, 0.05) is 5.69 Å². The van der Waals surface area contributed by atoms with E-state index in [1.165, 1.54) is 0 Å². The molecule has 0 radical (unpaired) electrons. The Hall–Kier alpha value is -3.22. The van der Waals surface area contributed by atoms with Crippen molar-refractivity contribution in [1.82, 2.24) is 20.2 Å². The van der Waals surface area contributed by atoms with Crippen LogP contribution in [-0.2, 0) is 4.79 Å². The Labute approximate surface area is 146 Å². The van der Waals surface area contributed by atoms with Crippen LogP contribution in [0.3, 0.4) is 0 Å². The fraction of sp³-hybridized carbons (Fsp3) is 0.222. The molecule has 0 saturated carbocycles. The Morgan fingerprint density at radius 1 is 1.12 bits per heavy atom. The third kappa shape index (κ3) is 3.82. The first kappa shape index (κ1) is 16.6. The maximum Gasteiger partial charge on any atom is 0.248 e. The minimum absolute atomic E-state index is 0.126. The van der Waals surface area contributed by atoms with Gasteiger partial charge in [-0.05, 0) is 47.5 Å². The van der Waals surface area contributed by atoms with E-state index in [0.29, 0.717) is 12.4 Å². The molecule has 2 aromatic carbocycles. The molecule has 0 aliphatic heterocycles. The van der Waals surface area contributed by atoms with Crippen LogP contribution < -0.4 is 10.6 Å². The molecule has 0 fully saturated rings. The number of hydrogen-bond donors (Lipinski definition) is 2. The minimum Gasteiger partial charge on any atom is -0.341 e. The number of aromatic nitrogens is 4. The van der Waals surface area contributed by atoms with Gasteiger partial charge in [-0.25, -0.2) is 0 Å². The fourth-order valence-corrected chi connectivity index (χ4v) is 2.46. The summed E-state index contributed by atoms with van der Waals surface area (Å²) in [6.45, 7) is 3.89. The molecule has 0 aliphatic rings. The average molecular weight is 336 g/mol. The molecule has 0 bridgehead atoms. The van der Waals surface area contributed by atoms with E-state index in [0.717, 1.165) is 16.9 Å². The number of amides is 1. The molecule has 0 saturated heterocycles. The molecule has 3 rings (SSSR count). The van der Waals surface area contributed by atoms with Crippen molar-refractivity contribution in [1.29, 1.82) is 0 Å². The first-order valence-corrected chi connectivity index (χ1v) is 8.16. The average Bonchev–Trinajstić information content (AvgIpc) is 3.10. The van der Waals surface area contributed by atoms with Crippen molar-refractivity contribution < 1.29 is 4.79 Å². The number of carbonyl (C=O) groups is 1. The highest BCUT2D eigenvalue weighted by molar-refractivity contribution is 5.96. The van der Waals surface area contributed by atoms with Crippen molar-refractivity contribution >= 4 is 17.5 Å². The zero-order valence-electron chi connectivity index (χ0n) is 14.2. The largest absolute Gasteiger partial charge is 0.341 e. The van der Waals surface area contributed by atoms with Crippen LogP contribution in [0.25, 0.3) is 5.69 Å². The summed E-state index contributed by atoms with van der Waals surface area (Å²) in [5, 5.41) is 17.8. The van der Waals surface area contributed by atoms with E-state index in [-0.39, 0.29) is 5.91 Å². The Morgan fingerprint density at radius 3 is 2.56 bits per heavy atom. The third-order valence-corrected chi connectivity index (χ3v) is 3.90. The highest BCUT2D eigenvalue weighted by Gasteiger charge is 2.20. The molecule has 128 valence electrons. The van der Waals surface area contributed by atoms with Gasteiger partial charge in [0.1, 0.15) is 6.04 Å². The van der Waals surface area contributed by atoms with E-state index < -0.39 is 6.04 Å². The molecule has 1 heterocycles. The fourth-order valence-electron chi connectivity index (χ4n) is 2.46. The maximum atomic E-state index is 12.6. The minimum atomic E-state index is -0.451. The number of rotatable bonds is 6. The first-order chi connectivity index (χ1) is 12.2. The standard InChI is InChI=1S/C18H20N6O/c1-3-15(17(25)19-16-12-8-7-9-13(16)2)20-18-21-22-23-24(18)14-10-5-4-6-11-14/h4-12,15H,3H2,1-2H3,(H,19,25)(H,20,21,23). The lowest BCUT2D eigenvalue weighted by atomic mass is 10.1. The van der Waals surface area contributed by atoms with Gasteiger partial charge in [-0.15, -0.1) is 0 Å². The third-order valence-electron chi connectivity index (χ3n) is 3.90. The molecule has 1 aromatic heterocycles. The number of anilines is 2. The SMILES string of the molecule is CCC(Nc1nnnn1-c1ccccc1)C(=O)Nc1ccccc1C. The molecule has 1 amide bonds. The first-order valence-electron chi connectivity index (χ1n) is 8.16. The second-order valence-electron chi connectivity index (χ2n) is 5.66. The zero-order chi connectivity index (χ0) is 17.6. The van der Waals surface area contributed by atoms with Crippen LogP contribution in [0.2, 0.25) is 0 Å². The van der Waals surface area contributed by atoms with Gasteiger partial charge < -0.3 is 10.6 Å². The van der Waals surface area contributed by atoms with Crippen LogP contribution >= 0.6 is 0 Å². The highest BCUT2D eigenvalue weighted by Crippen LogP contribution is 2.16. The molecule has 7 nitrogen and oxygen atoms in total. The van der Waals surface area contributed by atoms with Crippen LogP contribution in [0, 0.1) is 6.92 Å². The molecule has 0 aliphatic carbocycles. The summed E-state index contributed by atoms with van der Waals surface area (Å²) in [6.07, 6.45) is 0.597. The lowest BCUT2D eigenvalue weighted by Crippen LogP contribution is -2.35. The molecule has 0 spiro atoms. The molecule has 1 atom stereocenters. The lowest BCUT2D eigenvalue weighted by Gasteiger charge is -2.18. The van der Waals surface area contributed by atoms with Crippen LogP contribution in [0.5, 0.6) is 0 Å². The van der Waals surface area contributed by atoms with E-state index in [1.807, 2.05) is 68.4 Å². The van der Waals surface area contributed by atoms with Crippen molar-refractivity contribution in [2.24, 2.45) is 0 Å². The Bertz CT molecular complexity index is 846. The number of nitrogens with one attached hydrogen (secondary N) is 2. The smallest absolute Gasteiger partial charge is 0.248 e. The van der Waals surface area contributed by atoms with Crippen LogP contribution in [0.1, 0.15) is 18.9 Å². The number of para-hydroxylation sites is 2. The lowest BCUT2D eigenvalue weighted by molar-refractivity contribution is -0.117. The predicted octanol–water partition coefficient (Wildman–Crippen LogP) is 2.80. The van der Waals surface area contributed by atoms with Crippen molar-refractivity contribution in [3.8, 4) is 5.69 Å². The van der Waals surface area contributed by atoms with Gasteiger partial charge in [0.15, 0.2) is 0 Å². The topological polar surface area (TPSA) is 84.7 Å². The highest BCUT2D eigenvalue weighted by atomic mass is 16.2. The van der Waals surface area contributed by atoms with Gasteiger partial charge in [0.05, 0.1) is 5.69 Å². The predicted molar refractivity (Wildman–Crippen MR) is 96.7 cm³/mol. The molecule has 25 heavy (non-hydrogen) atoms. The zero-order valence-corrected chi connectivity index (χ0v) is 14.2. The Kier molecular flexibility index (Phi) is 5.03. The maximum absolute atomic E-state index is 12.6. The number of carbonyl (C=O) groups excluding carboxylic acids is 1. The second-order valence-corrected chi connectivity index (χ2v) is 5.66. The van der Waals surface area contributed by atoms with Gasteiger partial charge in [-0.1, -0.05) is 48.4 Å². The molecule has 2 N–H and O–H groups in total. The molecular formula is C18H20N6O. The van der Waals surface area contributed by atoms with Gasteiger partial charge in [-0.3, -0.25) is 4.79 Å². The summed E-state index contributed by atoms with van der Waals surface area (Å²) in [4.78, 5) is 12.6. The van der Waals surface area contributed by atoms with Crippen LogP contribution in [0.4, 0.5) is 11.6 Å². The van der Waals surface area contributed by atoms with E-state index in [2.05, 4.69) is 26.2 Å². The number of aryl methyl sites for hydroxylation is 1. The van der Waals surface area contributed by atoms with Crippen molar-refractivity contribution in [3.63, 3.8) is 0 Å². The second kappa shape index (κ2) is 7.57. The van der Waals surface area contributed by atoms with Gasteiger partial charge in [-0.2, -0.15) is 4.68 Å². The number of hydrogen-bond acceptors (Lipinski definition) is 5. The van der Waals surface area contributed by atoms with Gasteiger partial charge in [0.25, 0.3) is 0 Å². The van der Waals surface area contributed by atoms with Crippen LogP contribution in [0.15, 0.2) is 54.6 Å². The molecule has 3 aromatic rings. The summed E-state index contributed by atoms with van der Waals surface area (Å²) in [6, 6.07) is 16.8. The number of tetrazole rings is 1. The van der Waals surface area contributed by atoms with E-state index >= 15 is 0 Å². The summed E-state index contributed by atoms with van der Waals surface area (Å²) >= 11 is 0. The van der Waals surface area contributed by atoms with Crippen LogP contribution in [-0.4, -0.2) is 32.2 Å².